The summed E-state index contributed by atoms with van der Waals surface area (Å²) < 4.78 is 11.4. The number of fused-ring (bicyclic) bond motifs is 1. The van der Waals surface area contributed by atoms with Crippen LogP contribution in [-0.4, -0.2) is 31.8 Å². The van der Waals surface area contributed by atoms with Crippen LogP contribution in [0.3, 0.4) is 0 Å². The number of morpholine rings is 1. The number of rotatable bonds is 4. The minimum Gasteiger partial charge on any atom is -0.459 e. The fraction of sp³-hybridized carbons (Fsp3) is 0.318. The van der Waals surface area contributed by atoms with Gasteiger partial charge in [0.2, 0.25) is 0 Å². The summed E-state index contributed by atoms with van der Waals surface area (Å²) in [5.74, 6) is 0.730. The number of amides is 2. The Morgan fingerprint density at radius 3 is 2.71 bits per heavy atom. The molecule has 2 unspecified atom stereocenters. The van der Waals surface area contributed by atoms with Gasteiger partial charge < -0.3 is 24.7 Å². The lowest BCUT2D eigenvalue weighted by Crippen LogP contribution is -2.41. The summed E-state index contributed by atoms with van der Waals surface area (Å²) in [4.78, 5) is 14.6. The number of carbonyl (C=O) groups excluding carboxylic acids is 1. The van der Waals surface area contributed by atoms with Gasteiger partial charge >= 0.3 is 6.03 Å². The lowest BCUT2D eigenvalue weighted by Gasteiger charge is -2.33. The topological polar surface area (TPSA) is 66.7 Å². The number of hydrogen-bond donors (Lipinski definition) is 2. The Hall–Kier alpha value is -2.99. The molecule has 28 heavy (non-hydrogen) atoms. The van der Waals surface area contributed by atoms with Gasteiger partial charge in [-0.05, 0) is 50.2 Å². The van der Waals surface area contributed by atoms with E-state index in [-0.39, 0.29) is 18.2 Å². The molecule has 0 bridgehead atoms. The van der Waals surface area contributed by atoms with Gasteiger partial charge in [-0.1, -0.05) is 18.2 Å². The van der Waals surface area contributed by atoms with Crippen molar-refractivity contribution in [3.63, 3.8) is 0 Å². The Morgan fingerprint density at radius 2 is 1.96 bits per heavy atom. The van der Waals surface area contributed by atoms with E-state index in [4.69, 9.17) is 9.15 Å². The minimum atomic E-state index is -0.263. The van der Waals surface area contributed by atoms with Crippen LogP contribution in [0.2, 0.25) is 0 Å². The third kappa shape index (κ3) is 4.12. The maximum atomic E-state index is 12.4. The van der Waals surface area contributed by atoms with E-state index < -0.39 is 0 Å². The Kier molecular flexibility index (Phi) is 5.21. The molecule has 6 nitrogen and oxygen atoms in total. The van der Waals surface area contributed by atoms with Crippen molar-refractivity contribution >= 4 is 28.4 Å². The molecule has 0 spiro atoms. The van der Waals surface area contributed by atoms with Crippen LogP contribution in [0.1, 0.15) is 25.6 Å². The average Bonchev–Trinajstić information content (AvgIpc) is 3.13. The van der Waals surface area contributed by atoms with Gasteiger partial charge in [-0.15, -0.1) is 0 Å². The first kappa shape index (κ1) is 18.4. The zero-order valence-electron chi connectivity index (χ0n) is 16.1. The minimum absolute atomic E-state index is 0.233. The van der Waals surface area contributed by atoms with E-state index in [9.17, 15) is 4.79 Å². The molecule has 1 aliphatic rings. The zero-order valence-corrected chi connectivity index (χ0v) is 16.1. The van der Waals surface area contributed by atoms with Crippen molar-refractivity contribution in [1.29, 1.82) is 0 Å². The second-order valence-electron chi connectivity index (χ2n) is 7.18. The van der Waals surface area contributed by atoms with Crippen molar-refractivity contribution in [3.8, 4) is 0 Å². The molecule has 3 aromatic rings. The predicted molar refractivity (Wildman–Crippen MR) is 111 cm³/mol. The van der Waals surface area contributed by atoms with Crippen LogP contribution in [0, 0.1) is 0 Å². The number of benzene rings is 2. The summed E-state index contributed by atoms with van der Waals surface area (Å²) in [6, 6.07) is 17.2. The van der Waals surface area contributed by atoms with Crippen molar-refractivity contribution < 1.29 is 13.9 Å². The Balaban J connectivity index is 1.35. The highest BCUT2D eigenvalue weighted by atomic mass is 16.5. The van der Waals surface area contributed by atoms with Gasteiger partial charge in [0.1, 0.15) is 11.3 Å². The van der Waals surface area contributed by atoms with Gasteiger partial charge in [0.15, 0.2) is 0 Å². The molecule has 2 heterocycles. The molecular formula is C22H25N3O3. The van der Waals surface area contributed by atoms with Gasteiger partial charge in [0.05, 0.1) is 18.8 Å². The lowest BCUT2D eigenvalue weighted by atomic mass is 10.2. The maximum Gasteiger partial charge on any atom is 0.319 e. The number of hydrogen-bond acceptors (Lipinski definition) is 4. The van der Waals surface area contributed by atoms with Crippen molar-refractivity contribution in [2.24, 2.45) is 0 Å². The molecule has 1 fully saturated rings. The largest absolute Gasteiger partial charge is 0.459 e. The standard InChI is InChI=1S/C22H25N3O3/c1-15-14-25(11-12-27-15)19-9-7-18(8-10-19)24-22(26)23-16(2)21-13-17-5-3-4-6-20(17)28-21/h3-10,13,15-16H,11-12,14H2,1-2H3,(H2,23,24,26). The first-order valence-corrected chi connectivity index (χ1v) is 9.61. The van der Waals surface area contributed by atoms with E-state index in [1.54, 1.807) is 0 Å². The Labute approximate surface area is 164 Å². The van der Waals surface area contributed by atoms with Crippen molar-refractivity contribution in [2.75, 3.05) is 29.9 Å². The highest BCUT2D eigenvalue weighted by Crippen LogP contribution is 2.24. The fourth-order valence-electron chi connectivity index (χ4n) is 3.46. The van der Waals surface area contributed by atoms with Gasteiger partial charge in [-0.3, -0.25) is 0 Å². The van der Waals surface area contributed by atoms with E-state index >= 15 is 0 Å². The second-order valence-corrected chi connectivity index (χ2v) is 7.18. The van der Waals surface area contributed by atoms with E-state index in [0.717, 1.165) is 47.8 Å². The number of urea groups is 1. The van der Waals surface area contributed by atoms with Crippen LogP contribution in [-0.2, 0) is 4.74 Å². The maximum absolute atomic E-state index is 12.4. The second kappa shape index (κ2) is 7.94. The number of nitrogens with one attached hydrogen (secondary N) is 2. The molecule has 1 aromatic heterocycles. The van der Waals surface area contributed by atoms with Gasteiger partial charge in [-0.25, -0.2) is 4.79 Å². The molecule has 4 rings (SSSR count). The highest BCUT2D eigenvalue weighted by Gasteiger charge is 2.17. The normalized spacial score (nSPS) is 18.1. The van der Waals surface area contributed by atoms with Crippen molar-refractivity contribution in [1.82, 2.24) is 5.32 Å². The van der Waals surface area contributed by atoms with Crippen LogP contribution >= 0.6 is 0 Å². The van der Waals surface area contributed by atoms with Crippen LogP contribution in [0.4, 0.5) is 16.2 Å². The van der Waals surface area contributed by atoms with Gasteiger partial charge in [0, 0.05) is 29.9 Å². The third-order valence-electron chi connectivity index (χ3n) is 4.95. The number of carbonyl (C=O) groups is 1. The molecule has 2 N–H and O–H groups in total. The molecule has 1 aliphatic heterocycles. The zero-order chi connectivity index (χ0) is 19.5. The van der Waals surface area contributed by atoms with Crippen molar-refractivity contribution in [3.05, 3.63) is 60.4 Å². The van der Waals surface area contributed by atoms with E-state index in [1.807, 2.05) is 61.5 Å². The molecule has 2 amide bonds. The number of furan rings is 1. The summed E-state index contributed by atoms with van der Waals surface area (Å²) >= 11 is 0. The lowest BCUT2D eigenvalue weighted by molar-refractivity contribution is 0.0532. The highest BCUT2D eigenvalue weighted by molar-refractivity contribution is 5.89. The summed E-state index contributed by atoms with van der Waals surface area (Å²) in [6.45, 7) is 6.48. The van der Waals surface area contributed by atoms with Crippen LogP contribution < -0.4 is 15.5 Å². The summed E-state index contributed by atoms with van der Waals surface area (Å²) in [7, 11) is 0. The predicted octanol–water partition coefficient (Wildman–Crippen LogP) is 4.54. The first-order chi connectivity index (χ1) is 13.6. The van der Waals surface area contributed by atoms with Gasteiger partial charge in [-0.2, -0.15) is 0 Å². The molecule has 2 atom stereocenters. The first-order valence-electron chi connectivity index (χ1n) is 9.61. The number of para-hydroxylation sites is 1. The average molecular weight is 379 g/mol. The molecule has 146 valence electrons. The Bertz CT molecular complexity index is 918. The fourth-order valence-corrected chi connectivity index (χ4v) is 3.46. The van der Waals surface area contributed by atoms with Crippen molar-refractivity contribution in [2.45, 2.75) is 26.0 Å². The molecule has 6 heteroatoms. The summed E-state index contributed by atoms with van der Waals surface area (Å²) in [6.07, 6.45) is 0.233. The molecule has 1 saturated heterocycles. The summed E-state index contributed by atoms with van der Waals surface area (Å²) in [5, 5.41) is 6.83. The number of nitrogens with zero attached hydrogens (tertiary/aromatic N) is 1. The van der Waals surface area contributed by atoms with Crippen LogP contribution in [0.25, 0.3) is 11.0 Å². The third-order valence-corrected chi connectivity index (χ3v) is 4.95. The van der Waals surface area contributed by atoms with Crippen LogP contribution in [0.15, 0.2) is 59.0 Å². The smallest absolute Gasteiger partial charge is 0.319 e. The SMILES string of the molecule is CC1CN(c2ccc(NC(=O)NC(C)c3cc4ccccc4o3)cc2)CCO1. The number of ether oxygens (including phenoxy) is 1. The molecule has 0 radical (unpaired) electrons. The number of anilines is 2. The summed E-state index contributed by atoms with van der Waals surface area (Å²) in [5.41, 5.74) is 2.70. The van der Waals surface area contributed by atoms with Crippen LogP contribution in [0.5, 0.6) is 0 Å². The van der Waals surface area contributed by atoms with E-state index in [2.05, 4.69) is 22.5 Å². The molecule has 0 aliphatic carbocycles. The molecule has 0 saturated carbocycles. The van der Waals surface area contributed by atoms with Gasteiger partial charge in [0.25, 0.3) is 0 Å². The monoisotopic (exact) mass is 379 g/mol. The molecule has 2 aromatic carbocycles. The van der Waals surface area contributed by atoms with E-state index in [1.165, 1.54) is 0 Å². The Morgan fingerprint density at radius 1 is 1.18 bits per heavy atom. The van der Waals surface area contributed by atoms with E-state index in [0.29, 0.717) is 0 Å². The quantitative estimate of drug-likeness (QED) is 0.698. The molecular weight excluding hydrogens is 354 g/mol.